The number of hydrogen-bond donors (Lipinski definition) is 1. The van der Waals surface area contributed by atoms with E-state index in [2.05, 4.69) is 54.1 Å². The Kier molecular flexibility index (Phi) is 1.96. The van der Waals surface area contributed by atoms with Crippen LogP contribution in [0.1, 0.15) is 18.7 Å². The zero-order chi connectivity index (χ0) is 10.3. The van der Waals surface area contributed by atoms with Crippen molar-refractivity contribution in [2.75, 3.05) is 13.1 Å². The lowest BCUT2D eigenvalue weighted by Gasteiger charge is -2.27. The van der Waals surface area contributed by atoms with Crippen LogP contribution in [-0.2, 0) is 0 Å². The molecule has 0 saturated carbocycles. The lowest BCUT2D eigenvalue weighted by atomic mass is 10.1. The Balaban J connectivity index is 2.17. The number of nitrogens with zero attached hydrogens (tertiary/aromatic N) is 1. The van der Waals surface area contributed by atoms with Crippen molar-refractivity contribution in [3.05, 3.63) is 48.3 Å². The summed E-state index contributed by atoms with van der Waals surface area (Å²) in [5, 5.41) is 0. The minimum Gasteiger partial charge on any atom is -0.288 e. The van der Waals surface area contributed by atoms with Gasteiger partial charge in [-0.2, -0.15) is 4.57 Å². The van der Waals surface area contributed by atoms with E-state index >= 15 is 0 Å². The molecule has 0 aliphatic carbocycles. The Labute approximate surface area is 90.1 Å². The van der Waals surface area contributed by atoms with Gasteiger partial charge in [0.25, 0.3) is 5.69 Å². The number of quaternary nitrogens is 1. The average molecular weight is 200 g/mol. The molecule has 0 radical (unpaired) electrons. The lowest BCUT2D eigenvalue weighted by molar-refractivity contribution is -0.887. The quantitative estimate of drug-likeness (QED) is 0.578. The number of nitrogens with one attached hydrogen (secondary N) is 1. The summed E-state index contributed by atoms with van der Waals surface area (Å²) in [6.45, 7) is 4.62. The van der Waals surface area contributed by atoms with E-state index in [9.17, 15) is 0 Å². The van der Waals surface area contributed by atoms with Gasteiger partial charge in [-0.05, 0) is 12.1 Å². The summed E-state index contributed by atoms with van der Waals surface area (Å²) in [4.78, 5) is 1.59. The summed E-state index contributed by atoms with van der Waals surface area (Å²) >= 11 is 0. The van der Waals surface area contributed by atoms with E-state index in [0.29, 0.717) is 6.04 Å². The van der Waals surface area contributed by atoms with Crippen molar-refractivity contribution in [1.29, 1.82) is 0 Å². The lowest BCUT2D eigenvalue weighted by Crippen LogP contribution is -3.12. The first-order valence-corrected chi connectivity index (χ1v) is 5.58. The Morgan fingerprint density at radius 2 is 2.33 bits per heavy atom. The van der Waals surface area contributed by atoms with Crippen LogP contribution in [0, 0.1) is 0 Å². The summed E-state index contributed by atoms with van der Waals surface area (Å²) in [5.41, 5.74) is 2.81. The third-order valence-corrected chi connectivity index (χ3v) is 3.33. The molecule has 0 amide bonds. The standard InChI is InChI=1S/C13H15N2/c1-11-10-14-8-4-2-6-12(14)13-7-3-5-9-15(11)13/h2-7,9,11H,8,10H2,1H3/q+1/p+1. The normalized spacial score (nSPS) is 27.9. The number of aromatic nitrogens is 1. The van der Waals surface area contributed by atoms with E-state index < -0.39 is 0 Å². The van der Waals surface area contributed by atoms with Gasteiger partial charge in [-0.25, -0.2) is 0 Å². The van der Waals surface area contributed by atoms with Crippen molar-refractivity contribution in [3.63, 3.8) is 0 Å². The summed E-state index contributed by atoms with van der Waals surface area (Å²) < 4.78 is 2.38. The highest BCUT2D eigenvalue weighted by Crippen LogP contribution is 2.11. The van der Waals surface area contributed by atoms with Crippen LogP contribution >= 0.6 is 0 Å². The molecule has 0 fully saturated rings. The van der Waals surface area contributed by atoms with Crippen LogP contribution < -0.4 is 9.47 Å². The van der Waals surface area contributed by atoms with Gasteiger partial charge < -0.3 is 0 Å². The van der Waals surface area contributed by atoms with Crippen LogP contribution in [-0.4, -0.2) is 13.1 Å². The molecular weight excluding hydrogens is 184 g/mol. The molecule has 2 heteroatoms. The molecule has 2 nitrogen and oxygen atoms in total. The highest BCUT2D eigenvalue weighted by Gasteiger charge is 2.36. The van der Waals surface area contributed by atoms with Gasteiger partial charge in [-0.15, -0.1) is 0 Å². The first-order valence-electron chi connectivity index (χ1n) is 5.58. The number of allylic oxidation sites excluding steroid dienone is 2. The molecule has 0 saturated heterocycles. The number of hydrogen-bond acceptors (Lipinski definition) is 0. The molecular formula is C13H16N2+2. The topological polar surface area (TPSA) is 8.32 Å². The van der Waals surface area contributed by atoms with Gasteiger partial charge in [0, 0.05) is 25.1 Å². The summed E-state index contributed by atoms with van der Waals surface area (Å²) in [5.74, 6) is 0. The van der Waals surface area contributed by atoms with E-state index in [4.69, 9.17) is 0 Å². The monoisotopic (exact) mass is 200 g/mol. The molecule has 1 aromatic heterocycles. The van der Waals surface area contributed by atoms with Crippen molar-refractivity contribution in [1.82, 2.24) is 0 Å². The smallest absolute Gasteiger partial charge is 0.266 e. The van der Waals surface area contributed by atoms with Gasteiger partial charge in [-0.1, -0.05) is 6.08 Å². The predicted octanol–water partition coefficient (Wildman–Crippen LogP) is 0.344. The van der Waals surface area contributed by atoms with Crippen molar-refractivity contribution in [3.8, 4) is 0 Å². The molecule has 3 heterocycles. The minimum absolute atomic E-state index is 0.597. The van der Waals surface area contributed by atoms with Crippen LogP contribution in [0.15, 0.2) is 42.6 Å². The maximum Gasteiger partial charge on any atom is 0.266 e. The zero-order valence-electron chi connectivity index (χ0n) is 8.98. The van der Waals surface area contributed by atoms with Gasteiger partial charge in [0.2, 0.25) is 11.7 Å². The Bertz CT molecular complexity index is 446. The maximum absolute atomic E-state index is 2.38. The molecule has 2 atom stereocenters. The van der Waals surface area contributed by atoms with Crippen LogP contribution in [0.4, 0.5) is 0 Å². The minimum atomic E-state index is 0.597. The van der Waals surface area contributed by atoms with Gasteiger partial charge in [0.05, 0.1) is 0 Å². The van der Waals surface area contributed by atoms with Crippen molar-refractivity contribution < 1.29 is 9.47 Å². The molecule has 0 aromatic carbocycles. The molecule has 2 unspecified atom stereocenters. The van der Waals surface area contributed by atoms with Crippen molar-refractivity contribution in [2.45, 2.75) is 13.0 Å². The zero-order valence-corrected chi connectivity index (χ0v) is 8.98. The molecule has 3 rings (SSSR count). The van der Waals surface area contributed by atoms with Gasteiger partial charge in [0.1, 0.15) is 13.1 Å². The Morgan fingerprint density at radius 1 is 1.40 bits per heavy atom. The fraction of sp³-hybridized carbons (Fsp3) is 0.308. The predicted molar refractivity (Wildman–Crippen MR) is 59.2 cm³/mol. The highest BCUT2D eigenvalue weighted by molar-refractivity contribution is 5.55. The van der Waals surface area contributed by atoms with Crippen molar-refractivity contribution >= 4 is 5.70 Å². The highest BCUT2D eigenvalue weighted by atomic mass is 15.2. The first kappa shape index (κ1) is 8.86. The van der Waals surface area contributed by atoms with Crippen LogP contribution in [0.3, 0.4) is 0 Å². The van der Waals surface area contributed by atoms with Gasteiger partial charge in [0.15, 0.2) is 6.20 Å². The molecule has 0 bridgehead atoms. The second-order valence-electron chi connectivity index (χ2n) is 4.36. The fourth-order valence-electron chi connectivity index (χ4n) is 2.59. The van der Waals surface area contributed by atoms with Crippen LogP contribution in [0.25, 0.3) is 5.70 Å². The summed E-state index contributed by atoms with van der Waals surface area (Å²) in [6, 6.07) is 7.06. The number of rotatable bonds is 0. The molecule has 1 aromatic rings. The summed E-state index contributed by atoms with van der Waals surface area (Å²) in [7, 11) is 0. The Hall–Kier alpha value is -1.41. The van der Waals surface area contributed by atoms with E-state index in [-0.39, 0.29) is 0 Å². The molecule has 1 N–H and O–H groups in total. The third-order valence-electron chi connectivity index (χ3n) is 3.33. The Morgan fingerprint density at radius 3 is 3.27 bits per heavy atom. The average Bonchev–Trinajstić information content (AvgIpc) is 2.30. The van der Waals surface area contributed by atoms with Crippen LogP contribution in [0.2, 0.25) is 0 Å². The van der Waals surface area contributed by atoms with E-state index in [1.807, 2.05) is 0 Å². The van der Waals surface area contributed by atoms with Crippen LogP contribution in [0.5, 0.6) is 0 Å². The fourth-order valence-corrected chi connectivity index (χ4v) is 2.59. The number of pyridine rings is 1. The largest absolute Gasteiger partial charge is 0.288 e. The molecule has 0 spiro atoms. The molecule has 2 aliphatic heterocycles. The number of fused-ring (bicyclic) bond motifs is 3. The van der Waals surface area contributed by atoms with E-state index in [0.717, 1.165) is 6.54 Å². The van der Waals surface area contributed by atoms with Gasteiger partial charge in [-0.3, -0.25) is 4.90 Å². The van der Waals surface area contributed by atoms with Crippen molar-refractivity contribution in [2.24, 2.45) is 0 Å². The maximum atomic E-state index is 2.38. The van der Waals surface area contributed by atoms with Gasteiger partial charge >= 0.3 is 0 Å². The molecule has 15 heavy (non-hydrogen) atoms. The molecule has 2 aliphatic rings. The summed E-state index contributed by atoms with van der Waals surface area (Å²) in [6.07, 6.45) is 8.86. The second kappa shape index (κ2) is 3.31. The second-order valence-corrected chi connectivity index (χ2v) is 4.36. The first-order chi connectivity index (χ1) is 7.36. The molecule has 76 valence electrons. The SMILES string of the molecule is CC1C[NH+]2CC=CC=C2c2cccc[n+]21. The third kappa shape index (κ3) is 1.33. The van der Waals surface area contributed by atoms with E-state index in [1.165, 1.54) is 17.9 Å². The van der Waals surface area contributed by atoms with E-state index in [1.54, 1.807) is 4.90 Å².